The lowest BCUT2D eigenvalue weighted by Gasteiger charge is -2.26. The van der Waals surface area contributed by atoms with Crippen molar-refractivity contribution in [3.05, 3.63) is 21.3 Å². The summed E-state index contributed by atoms with van der Waals surface area (Å²) in [6.45, 7) is 1.56. The van der Waals surface area contributed by atoms with Gasteiger partial charge in [0.05, 0.1) is 10.6 Å². The highest BCUT2D eigenvalue weighted by atomic mass is 35.5. The predicted octanol–water partition coefficient (Wildman–Crippen LogP) is 2.76. The van der Waals surface area contributed by atoms with Crippen LogP contribution in [0.4, 0.5) is 0 Å². The van der Waals surface area contributed by atoms with Gasteiger partial charge in [-0.3, -0.25) is 0 Å². The molecule has 2 nitrogen and oxygen atoms in total. The van der Waals surface area contributed by atoms with Crippen molar-refractivity contribution in [1.82, 2.24) is 0 Å². The largest absolute Gasteiger partial charge is 0.381 e. The molecule has 1 atom stereocenters. The minimum absolute atomic E-state index is 0.262. The first-order valence-electron chi connectivity index (χ1n) is 4.82. The zero-order chi connectivity index (χ0) is 10.0. The first-order valence-corrected chi connectivity index (χ1v) is 6.08. The van der Waals surface area contributed by atoms with Crippen molar-refractivity contribution in [3.63, 3.8) is 0 Å². The number of nitrogens with two attached hydrogens (primary N) is 1. The van der Waals surface area contributed by atoms with Crippen LogP contribution in [0.25, 0.3) is 0 Å². The van der Waals surface area contributed by atoms with E-state index >= 15 is 0 Å². The van der Waals surface area contributed by atoms with Gasteiger partial charge in [0.25, 0.3) is 0 Å². The number of thiophene rings is 1. The van der Waals surface area contributed by atoms with Gasteiger partial charge in [-0.25, -0.2) is 0 Å². The summed E-state index contributed by atoms with van der Waals surface area (Å²) < 4.78 is 5.41. The molecule has 0 aromatic carbocycles. The molecule has 4 heteroatoms. The van der Waals surface area contributed by atoms with Crippen LogP contribution >= 0.6 is 22.9 Å². The third kappa shape index (κ3) is 1.96. The number of halogens is 1. The van der Waals surface area contributed by atoms with Gasteiger partial charge >= 0.3 is 0 Å². The van der Waals surface area contributed by atoms with Gasteiger partial charge in [-0.2, -0.15) is 0 Å². The molecule has 0 radical (unpaired) electrons. The van der Waals surface area contributed by atoms with Crippen molar-refractivity contribution in [2.75, 3.05) is 13.2 Å². The molecule has 2 heterocycles. The molecule has 2 rings (SSSR count). The number of ether oxygens (including phenoxy) is 1. The molecule has 1 aliphatic heterocycles. The fourth-order valence-corrected chi connectivity index (χ4v) is 3.27. The minimum Gasteiger partial charge on any atom is -0.381 e. The van der Waals surface area contributed by atoms with Gasteiger partial charge in [-0.15, -0.1) is 11.3 Å². The Balaban J connectivity index is 2.25. The zero-order valence-electron chi connectivity index (χ0n) is 7.96. The predicted molar refractivity (Wildman–Crippen MR) is 59.9 cm³/mol. The average Bonchev–Trinajstić information content (AvgIpc) is 2.46. The van der Waals surface area contributed by atoms with Gasteiger partial charge in [0.2, 0.25) is 0 Å². The van der Waals surface area contributed by atoms with Crippen molar-refractivity contribution in [1.29, 1.82) is 0 Å². The minimum atomic E-state index is -0.262. The van der Waals surface area contributed by atoms with Crippen LogP contribution in [0.15, 0.2) is 11.4 Å². The fourth-order valence-electron chi connectivity index (χ4n) is 1.85. The summed E-state index contributed by atoms with van der Waals surface area (Å²) in [7, 11) is 0. The van der Waals surface area contributed by atoms with Gasteiger partial charge in [0.1, 0.15) is 0 Å². The summed E-state index contributed by atoms with van der Waals surface area (Å²) in [5.41, 5.74) is 6.11. The van der Waals surface area contributed by atoms with Gasteiger partial charge in [0.15, 0.2) is 0 Å². The van der Waals surface area contributed by atoms with Crippen LogP contribution in [0.5, 0.6) is 0 Å². The maximum atomic E-state index is 6.37. The molecular weight excluding hydrogens is 218 g/mol. The molecule has 0 bridgehead atoms. The summed E-state index contributed by atoms with van der Waals surface area (Å²) in [4.78, 5) is 1.12. The topological polar surface area (TPSA) is 35.2 Å². The Kier molecular flexibility index (Phi) is 3.12. The van der Waals surface area contributed by atoms with Crippen LogP contribution in [0.2, 0.25) is 5.02 Å². The Morgan fingerprint density at radius 1 is 1.43 bits per heavy atom. The van der Waals surface area contributed by atoms with E-state index in [4.69, 9.17) is 22.1 Å². The first kappa shape index (κ1) is 10.4. The number of hydrogen-bond acceptors (Lipinski definition) is 3. The van der Waals surface area contributed by atoms with E-state index in [0.29, 0.717) is 0 Å². The highest BCUT2D eigenvalue weighted by Gasteiger charge is 2.31. The Bertz CT molecular complexity index is 305. The molecule has 1 aromatic rings. The molecule has 1 aliphatic rings. The van der Waals surface area contributed by atoms with Gasteiger partial charge < -0.3 is 10.5 Å². The molecule has 1 fully saturated rings. The lowest BCUT2D eigenvalue weighted by atomic mass is 9.90. The van der Waals surface area contributed by atoms with Crippen LogP contribution in [0.1, 0.15) is 24.1 Å². The summed E-state index contributed by atoms with van der Waals surface area (Å²) in [6.07, 6.45) is 2.85. The van der Waals surface area contributed by atoms with Gasteiger partial charge in [0, 0.05) is 18.1 Å². The smallest absolute Gasteiger partial charge is 0.0564 e. The highest BCUT2D eigenvalue weighted by Crippen LogP contribution is 2.37. The lowest BCUT2D eigenvalue weighted by Crippen LogP contribution is -2.36. The second-order valence-corrected chi connectivity index (χ2v) is 5.04. The lowest BCUT2D eigenvalue weighted by molar-refractivity contribution is 0.140. The number of hydrogen-bond donors (Lipinski definition) is 1. The van der Waals surface area contributed by atoms with Crippen molar-refractivity contribution >= 4 is 22.9 Å². The SMILES string of the molecule is NC1(c2sccc2Cl)CCCOCC1. The molecule has 14 heavy (non-hydrogen) atoms. The third-order valence-corrected chi connectivity index (χ3v) is 4.23. The first-order chi connectivity index (χ1) is 6.72. The van der Waals surface area contributed by atoms with E-state index in [1.165, 1.54) is 0 Å². The van der Waals surface area contributed by atoms with E-state index < -0.39 is 0 Å². The van der Waals surface area contributed by atoms with Crippen LogP contribution in [0.3, 0.4) is 0 Å². The van der Waals surface area contributed by atoms with Crippen molar-refractivity contribution in [3.8, 4) is 0 Å². The molecule has 78 valence electrons. The quantitative estimate of drug-likeness (QED) is 0.807. The maximum Gasteiger partial charge on any atom is 0.0564 e. The summed E-state index contributed by atoms with van der Waals surface area (Å²) >= 11 is 7.76. The van der Waals surface area contributed by atoms with E-state index in [1.54, 1.807) is 11.3 Å². The van der Waals surface area contributed by atoms with Crippen molar-refractivity contribution < 1.29 is 4.74 Å². The fraction of sp³-hybridized carbons (Fsp3) is 0.600. The highest BCUT2D eigenvalue weighted by molar-refractivity contribution is 7.10. The zero-order valence-corrected chi connectivity index (χ0v) is 9.53. The van der Waals surface area contributed by atoms with Gasteiger partial charge in [-0.1, -0.05) is 11.6 Å². The van der Waals surface area contributed by atoms with E-state index in [-0.39, 0.29) is 5.54 Å². The molecule has 0 amide bonds. The van der Waals surface area contributed by atoms with Crippen molar-refractivity contribution in [2.45, 2.75) is 24.8 Å². The Labute approximate surface area is 93.0 Å². The number of rotatable bonds is 1. The molecular formula is C10H14ClNOS. The second kappa shape index (κ2) is 4.19. The third-order valence-electron chi connectivity index (χ3n) is 2.67. The molecule has 1 saturated heterocycles. The van der Waals surface area contributed by atoms with Gasteiger partial charge in [-0.05, 0) is 30.7 Å². The van der Waals surface area contributed by atoms with Crippen LogP contribution in [-0.4, -0.2) is 13.2 Å². The summed E-state index contributed by atoms with van der Waals surface area (Å²) in [5.74, 6) is 0. The Hall–Kier alpha value is -0.0900. The standard InChI is InChI=1S/C10H14ClNOS/c11-8-2-7-14-9(8)10(12)3-1-5-13-6-4-10/h2,7H,1,3-6,12H2. The molecule has 0 aliphatic carbocycles. The summed E-state index contributed by atoms with van der Waals surface area (Å²) in [6, 6.07) is 1.92. The molecule has 1 aromatic heterocycles. The molecule has 0 spiro atoms. The maximum absolute atomic E-state index is 6.37. The van der Waals surface area contributed by atoms with Crippen LogP contribution in [-0.2, 0) is 10.3 Å². The average molecular weight is 232 g/mol. The molecule has 0 saturated carbocycles. The Morgan fingerprint density at radius 2 is 2.29 bits per heavy atom. The van der Waals surface area contributed by atoms with E-state index in [2.05, 4.69) is 0 Å². The summed E-state index contributed by atoms with van der Waals surface area (Å²) in [5, 5.41) is 2.80. The second-order valence-electron chi connectivity index (χ2n) is 3.72. The normalized spacial score (nSPS) is 28.7. The van der Waals surface area contributed by atoms with Crippen LogP contribution in [0, 0.1) is 0 Å². The molecule has 2 N–H and O–H groups in total. The monoisotopic (exact) mass is 231 g/mol. The van der Waals surface area contributed by atoms with E-state index in [1.807, 2.05) is 11.4 Å². The molecule has 1 unspecified atom stereocenters. The Morgan fingerprint density at radius 3 is 3.00 bits per heavy atom. The van der Waals surface area contributed by atoms with E-state index in [0.717, 1.165) is 42.4 Å². The van der Waals surface area contributed by atoms with Crippen molar-refractivity contribution in [2.24, 2.45) is 5.73 Å². The van der Waals surface area contributed by atoms with Crippen LogP contribution < -0.4 is 5.73 Å². The van der Waals surface area contributed by atoms with E-state index in [9.17, 15) is 0 Å².